The van der Waals surface area contributed by atoms with Crippen LogP contribution in [0, 0.1) is 33.6 Å². The molecule has 0 atom stereocenters. The zero-order valence-electron chi connectivity index (χ0n) is 15.7. The van der Waals surface area contributed by atoms with E-state index < -0.39 is 0 Å². The number of aromatic nitrogens is 3. The van der Waals surface area contributed by atoms with Crippen molar-refractivity contribution in [3.8, 4) is 0 Å². The van der Waals surface area contributed by atoms with Crippen molar-refractivity contribution < 1.29 is 9.32 Å². The van der Waals surface area contributed by atoms with Gasteiger partial charge in [-0.1, -0.05) is 5.16 Å². The molecule has 0 aromatic carbocycles. The Hall–Kier alpha value is -2.11. The van der Waals surface area contributed by atoms with Gasteiger partial charge in [0, 0.05) is 37.3 Å². The van der Waals surface area contributed by atoms with Crippen molar-refractivity contribution in [1.82, 2.24) is 19.8 Å². The summed E-state index contributed by atoms with van der Waals surface area (Å²) in [5.74, 6) is 1.67. The molecule has 1 amide bonds. The first-order valence-corrected chi connectivity index (χ1v) is 9.14. The lowest BCUT2D eigenvalue weighted by Gasteiger charge is -2.32. The fourth-order valence-corrected chi connectivity index (χ4v) is 3.72. The van der Waals surface area contributed by atoms with Crippen molar-refractivity contribution in [3.63, 3.8) is 0 Å². The molecule has 0 radical (unpaired) electrons. The summed E-state index contributed by atoms with van der Waals surface area (Å²) in [4.78, 5) is 14.5. The summed E-state index contributed by atoms with van der Waals surface area (Å²) in [6.45, 7) is 10.6. The highest BCUT2D eigenvalue weighted by molar-refractivity contribution is 5.76. The molecule has 3 heterocycles. The highest BCUT2D eigenvalue weighted by Gasteiger charge is 2.24. The van der Waals surface area contributed by atoms with E-state index >= 15 is 0 Å². The van der Waals surface area contributed by atoms with Gasteiger partial charge in [-0.05, 0) is 58.9 Å². The van der Waals surface area contributed by atoms with E-state index in [0.29, 0.717) is 18.8 Å². The summed E-state index contributed by atoms with van der Waals surface area (Å²) >= 11 is 0. The monoisotopic (exact) mass is 344 g/mol. The molecule has 1 saturated heterocycles. The Balaban J connectivity index is 1.47. The zero-order valence-corrected chi connectivity index (χ0v) is 15.7. The Kier molecular flexibility index (Phi) is 5.25. The molecule has 1 fully saturated rings. The van der Waals surface area contributed by atoms with Crippen LogP contribution >= 0.6 is 0 Å². The number of amides is 1. The number of carbonyl (C=O) groups excluding carboxylic acids is 1. The average Bonchev–Trinajstić information content (AvgIpc) is 3.07. The van der Waals surface area contributed by atoms with Crippen molar-refractivity contribution in [2.75, 3.05) is 13.1 Å². The molecule has 0 N–H and O–H groups in total. The van der Waals surface area contributed by atoms with Crippen LogP contribution in [0.15, 0.2) is 10.6 Å². The van der Waals surface area contributed by atoms with Gasteiger partial charge in [-0.25, -0.2) is 0 Å². The molecule has 0 aliphatic carbocycles. The van der Waals surface area contributed by atoms with Crippen LogP contribution in [0.1, 0.15) is 47.7 Å². The molecule has 0 spiro atoms. The van der Waals surface area contributed by atoms with E-state index in [1.807, 2.05) is 25.7 Å². The van der Waals surface area contributed by atoms with Gasteiger partial charge in [-0.3, -0.25) is 9.48 Å². The molecule has 1 aliphatic heterocycles. The van der Waals surface area contributed by atoms with Gasteiger partial charge in [0.1, 0.15) is 5.76 Å². The fraction of sp³-hybridized carbons (Fsp3) is 0.632. The van der Waals surface area contributed by atoms with Crippen LogP contribution in [0.4, 0.5) is 0 Å². The molecule has 6 nitrogen and oxygen atoms in total. The predicted octanol–water partition coefficient (Wildman–Crippen LogP) is 2.98. The molecular formula is C19H28N4O2. The second-order valence-corrected chi connectivity index (χ2v) is 7.24. The first kappa shape index (κ1) is 17.7. The van der Waals surface area contributed by atoms with Crippen molar-refractivity contribution in [2.45, 2.75) is 59.9 Å². The van der Waals surface area contributed by atoms with E-state index in [-0.39, 0.29) is 5.91 Å². The van der Waals surface area contributed by atoms with Crippen LogP contribution in [0.3, 0.4) is 0 Å². The van der Waals surface area contributed by atoms with E-state index in [0.717, 1.165) is 55.2 Å². The van der Waals surface area contributed by atoms with Gasteiger partial charge in [0.2, 0.25) is 5.91 Å². The smallest absolute Gasteiger partial charge is 0.222 e. The largest absolute Gasteiger partial charge is 0.361 e. The highest BCUT2D eigenvalue weighted by atomic mass is 16.5. The number of hydrogen-bond donors (Lipinski definition) is 0. The van der Waals surface area contributed by atoms with Gasteiger partial charge >= 0.3 is 0 Å². The number of nitrogens with zero attached hydrogens (tertiary/aromatic N) is 4. The quantitative estimate of drug-likeness (QED) is 0.836. The van der Waals surface area contributed by atoms with Gasteiger partial charge in [0.05, 0.1) is 11.4 Å². The molecule has 2 aromatic heterocycles. The molecule has 136 valence electrons. The second-order valence-electron chi connectivity index (χ2n) is 7.24. The third-order valence-electron chi connectivity index (χ3n) is 5.27. The normalized spacial score (nSPS) is 15.8. The van der Waals surface area contributed by atoms with Crippen molar-refractivity contribution in [2.24, 2.45) is 5.92 Å². The summed E-state index contributed by atoms with van der Waals surface area (Å²) in [6.07, 6.45) is 3.35. The molecule has 3 rings (SSSR count). The van der Waals surface area contributed by atoms with E-state index in [4.69, 9.17) is 4.52 Å². The van der Waals surface area contributed by atoms with Gasteiger partial charge in [0.15, 0.2) is 0 Å². The lowest BCUT2D eigenvalue weighted by molar-refractivity contribution is -0.132. The number of piperidine rings is 1. The minimum atomic E-state index is 0.240. The molecule has 0 unspecified atom stereocenters. The molecular weight excluding hydrogens is 316 g/mol. The summed E-state index contributed by atoms with van der Waals surface area (Å²) in [6, 6.07) is 2.12. The van der Waals surface area contributed by atoms with Crippen LogP contribution in [-0.2, 0) is 17.8 Å². The van der Waals surface area contributed by atoms with Gasteiger partial charge in [-0.2, -0.15) is 5.10 Å². The van der Waals surface area contributed by atoms with Gasteiger partial charge in [0.25, 0.3) is 0 Å². The maximum absolute atomic E-state index is 12.5. The Morgan fingerprint density at radius 3 is 2.52 bits per heavy atom. The average molecular weight is 344 g/mol. The summed E-state index contributed by atoms with van der Waals surface area (Å²) < 4.78 is 7.28. The van der Waals surface area contributed by atoms with E-state index in [9.17, 15) is 4.79 Å². The lowest BCUT2D eigenvalue weighted by Crippen LogP contribution is -2.39. The molecule has 25 heavy (non-hydrogen) atoms. The number of hydrogen-bond acceptors (Lipinski definition) is 4. The second kappa shape index (κ2) is 7.42. The lowest BCUT2D eigenvalue weighted by atomic mass is 9.96. The van der Waals surface area contributed by atoms with Crippen molar-refractivity contribution in [3.05, 3.63) is 34.5 Å². The summed E-state index contributed by atoms with van der Waals surface area (Å²) in [7, 11) is 0. The number of aryl methyl sites for hydroxylation is 4. The van der Waals surface area contributed by atoms with Crippen LogP contribution < -0.4 is 0 Å². The summed E-state index contributed by atoms with van der Waals surface area (Å²) in [5.41, 5.74) is 4.27. The number of carbonyl (C=O) groups is 1. The Labute approximate surface area is 149 Å². The Bertz CT molecular complexity index is 719. The Morgan fingerprint density at radius 2 is 1.96 bits per heavy atom. The van der Waals surface area contributed by atoms with Crippen molar-refractivity contribution in [1.29, 1.82) is 0 Å². The highest BCUT2D eigenvalue weighted by Crippen LogP contribution is 2.21. The third kappa shape index (κ3) is 4.11. The standard InChI is InChI=1S/C19H28N4O2/c1-13-11-14(2)23(20-13)12-17-7-9-22(10-8-17)19(24)6-5-18-15(3)21-25-16(18)4/h11,17H,5-10,12H2,1-4H3. The molecule has 6 heteroatoms. The van der Waals surface area contributed by atoms with E-state index in [2.05, 4.69) is 27.9 Å². The predicted molar refractivity (Wildman–Crippen MR) is 95.3 cm³/mol. The molecule has 1 aliphatic rings. The first-order valence-electron chi connectivity index (χ1n) is 9.14. The maximum atomic E-state index is 12.5. The number of rotatable bonds is 5. The van der Waals surface area contributed by atoms with Gasteiger partial charge in [-0.15, -0.1) is 0 Å². The molecule has 0 saturated carbocycles. The topological polar surface area (TPSA) is 64.2 Å². The first-order chi connectivity index (χ1) is 11.9. The number of likely N-dealkylation sites (tertiary alicyclic amines) is 1. The van der Waals surface area contributed by atoms with Crippen LogP contribution in [0.25, 0.3) is 0 Å². The Morgan fingerprint density at radius 1 is 1.24 bits per heavy atom. The minimum Gasteiger partial charge on any atom is -0.361 e. The van der Waals surface area contributed by atoms with E-state index in [1.54, 1.807) is 0 Å². The molecule has 2 aromatic rings. The minimum absolute atomic E-state index is 0.240. The van der Waals surface area contributed by atoms with E-state index in [1.165, 1.54) is 5.69 Å². The maximum Gasteiger partial charge on any atom is 0.222 e. The van der Waals surface area contributed by atoms with Crippen molar-refractivity contribution >= 4 is 5.91 Å². The van der Waals surface area contributed by atoms with Crippen LogP contribution in [0.5, 0.6) is 0 Å². The SMILES string of the molecule is Cc1cc(C)n(CC2CCN(C(=O)CCc3c(C)noc3C)CC2)n1. The third-order valence-corrected chi connectivity index (χ3v) is 5.27. The zero-order chi connectivity index (χ0) is 18.0. The molecule has 0 bridgehead atoms. The summed E-state index contributed by atoms with van der Waals surface area (Å²) in [5, 5.41) is 8.51. The fourth-order valence-electron chi connectivity index (χ4n) is 3.72. The van der Waals surface area contributed by atoms with Gasteiger partial charge < -0.3 is 9.42 Å². The van der Waals surface area contributed by atoms with Crippen LogP contribution in [-0.4, -0.2) is 38.8 Å². The van der Waals surface area contributed by atoms with Crippen LogP contribution in [0.2, 0.25) is 0 Å².